The van der Waals surface area contributed by atoms with Gasteiger partial charge in [-0.2, -0.15) is 5.10 Å². The second-order valence-corrected chi connectivity index (χ2v) is 11.7. The lowest BCUT2D eigenvalue weighted by Crippen LogP contribution is -2.32. The van der Waals surface area contributed by atoms with Gasteiger partial charge in [0.1, 0.15) is 33.6 Å². The van der Waals surface area contributed by atoms with E-state index in [-0.39, 0.29) is 41.3 Å². The minimum atomic E-state index is -1.28. The fourth-order valence-corrected chi connectivity index (χ4v) is 6.52. The van der Waals surface area contributed by atoms with Crippen LogP contribution in [-0.2, 0) is 16.8 Å². The van der Waals surface area contributed by atoms with E-state index in [0.29, 0.717) is 49.0 Å². The van der Waals surface area contributed by atoms with Gasteiger partial charge in [-0.15, -0.1) is 11.3 Å². The minimum absolute atomic E-state index is 0.0826. The number of nitrogens with two attached hydrogens (primary N) is 1. The highest BCUT2D eigenvalue weighted by Gasteiger charge is 2.50. The van der Waals surface area contributed by atoms with Gasteiger partial charge < -0.3 is 16.2 Å². The molecule has 4 N–H and O–H groups in total. The van der Waals surface area contributed by atoms with Crippen LogP contribution >= 0.6 is 22.9 Å². The van der Waals surface area contributed by atoms with Crippen molar-refractivity contribution in [1.82, 2.24) is 24.7 Å². The molecule has 1 amide bonds. The van der Waals surface area contributed by atoms with E-state index in [4.69, 9.17) is 27.4 Å². The normalized spacial score (nSPS) is 15.8. The van der Waals surface area contributed by atoms with Crippen molar-refractivity contribution < 1.29 is 19.1 Å². The molecule has 0 saturated carbocycles. The van der Waals surface area contributed by atoms with Gasteiger partial charge in [-0.3, -0.25) is 9.48 Å². The summed E-state index contributed by atoms with van der Waals surface area (Å²) in [5.74, 6) is -1.24. The molecule has 7 rings (SSSR count). The summed E-state index contributed by atoms with van der Waals surface area (Å²) < 4.78 is 16.1. The largest absolute Gasteiger partial charge is 0.478 e. The predicted octanol–water partition coefficient (Wildman–Crippen LogP) is 6.00. The third-order valence-electron chi connectivity index (χ3n) is 7.69. The number of carbonyl (C=O) groups excluding carboxylic acids is 1. The van der Waals surface area contributed by atoms with E-state index in [2.05, 4.69) is 15.3 Å². The Morgan fingerprint density at radius 2 is 1.89 bits per heavy atom. The number of carbonyl (C=O) groups is 2. The fraction of sp³-hybridized carbons (Fsp3) is 0.0968. The zero-order chi connectivity index (χ0) is 30.7. The van der Waals surface area contributed by atoms with Gasteiger partial charge in [0.05, 0.1) is 28.9 Å². The molecule has 0 bridgehead atoms. The Bertz CT molecular complexity index is 2150. The molecule has 0 saturated heterocycles. The number of amides is 1. The number of hydrogen-bond donors (Lipinski definition) is 3. The number of rotatable bonds is 6. The maximum Gasteiger partial charge on any atom is 0.335 e. The lowest BCUT2D eigenvalue weighted by atomic mass is 9.85. The molecular formula is C31H21ClFN7O3S. The lowest BCUT2D eigenvalue weighted by molar-refractivity contribution is -0.119. The number of anilines is 2. The zero-order valence-electron chi connectivity index (χ0n) is 22.9. The summed E-state index contributed by atoms with van der Waals surface area (Å²) in [7, 11) is 0. The van der Waals surface area contributed by atoms with Crippen molar-refractivity contribution in [3.63, 3.8) is 0 Å². The van der Waals surface area contributed by atoms with E-state index in [0.717, 1.165) is 0 Å². The highest BCUT2D eigenvalue weighted by atomic mass is 35.5. The molecule has 218 valence electrons. The molecule has 0 aliphatic carbocycles. The smallest absolute Gasteiger partial charge is 0.335 e. The molecule has 3 aromatic heterocycles. The average Bonchev–Trinajstić information content (AvgIpc) is 3.70. The van der Waals surface area contributed by atoms with Crippen LogP contribution in [0.15, 0.2) is 72.1 Å². The van der Waals surface area contributed by atoms with Gasteiger partial charge in [-0.1, -0.05) is 41.9 Å². The molecule has 3 aromatic carbocycles. The second kappa shape index (κ2) is 10.2. The standard InChI is InChI=1S/C31H21ClFN7O3S/c1-31(30-35-21(14-44-30)15-6-8-16(9-7-15)28(41)42)23-25(34)36-27(37-26(23)38-29(31)43)24-19-11-10-18(32)12-22(19)40(39-24)13-17-4-2-3-5-20(17)33/h2-12,14H,13H2,1H3,(H,41,42)(H3,34,36,37,38,43). The van der Waals surface area contributed by atoms with E-state index < -0.39 is 11.4 Å². The molecule has 0 fully saturated rings. The van der Waals surface area contributed by atoms with E-state index >= 15 is 0 Å². The third kappa shape index (κ3) is 4.38. The summed E-state index contributed by atoms with van der Waals surface area (Å²) in [4.78, 5) is 38.7. The quantitative estimate of drug-likeness (QED) is 0.204. The summed E-state index contributed by atoms with van der Waals surface area (Å²) in [5.41, 5.74) is 8.61. The molecule has 6 aromatic rings. The molecule has 4 heterocycles. The van der Waals surface area contributed by atoms with Crippen molar-refractivity contribution in [2.75, 3.05) is 11.1 Å². The first kappa shape index (κ1) is 27.6. The van der Waals surface area contributed by atoms with Gasteiger partial charge >= 0.3 is 5.97 Å². The van der Waals surface area contributed by atoms with Gasteiger partial charge in [0.15, 0.2) is 5.82 Å². The van der Waals surface area contributed by atoms with Gasteiger partial charge in [-0.25, -0.2) is 24.1 Å². The SMILES string of the molecule is CC1(c2nc(-c3ccc(C(=O)O)cc3)cs2)C(=O)Nc2nc(-c3nn(Cc4ccccc4F)c4cc(Cl)ccc34)nc(N)c21. The van der Waals surface area contributed by atoms with Crippen molar-refractivity contribution in [3.8, 4) is 22.8 Å². The number of hydrogen-bond acceptors (Lipinski definition) is 8. The summed E-state index contributed by atoms with van der Waals surface area (Å²) in [5, 5.41) is 20.2. The van der Waals surface area contributed by atoms with Gasteiger partial charge in [0.25, 0.3) is 0 Å². The molecule has 0 spiro atoms. The molecule has 13 heteroatoms. The van der Waals surface area contributed by atoms with Crippen LogP contribution in [0, 0.1) is 5.82 Å². The van der Waals surface area contributed by atoms with Crippen molar-refractivity contribution in [3.05, 3.63) is 105 Å². The van der Waals surface area contributed by atoms with Crippen LogP contribution in [0.1, 0.15) is 33.4 Å². The number of carboxylic acid groups (broad SMARTS) is 1. The van der Waals surface area contributed by atoms with Crippen LogP contribution in [0.4, 0.5) is 16.0 Å². The highest BCUT2D eigenvalue weighted by molar-refractivity contribution is 7.10. The topological polar surface area (TPSA) is 149 Å². The van der Waals surface area contributed by atoms with Gasteiger partial charge in [-0.05, 0) is 43.3 Å². The number of carboxylic acids is 1. The van der Waals surface area contributed by atoms with E-state index in [1.807, 2.05) is 0 Å². The Hall–Kier alpha value is -5.20. The lowest BCUT2D eigenvalue weighted by Gasteiger charge is -2.20. The van der Waals surface area contributed by atoms with Crippen LogP contribution < -0.4 is 11.1 Å². The fourth-order valence-electron chi connectivity index (χ4n) is 5.36. The molecule has 1 aliphatic heterocycles. The van der Waals surface area contributed by atoms with Crippen LogP contribution in [0.25, 0.3) is 33.7 Å². The van der Waals surface area contributed by atoms with Crippen LogP contribution in [-0.4, -0.2) is 41.7 Å². The second-order valence-electron chi connectivity index (χ2n) is 10.4. The number of halogens is 2. The van der Waals surface area contributed by atoms with E-state index in [1.54, 1.807) is 65.5 Å². The molecule has 44 heavy (non-hydrogen) atoms. The van der Waals surface area contributed by atoms with Crippen molar-refractivity contribution >= 4 is 57.4 Å². The summed E-state index contributed by atoms with van der Waals surface area (Å²) in [6.45, 7) is 1.86. The van der Waals surface area contributed by atoms with E-state index in [1.165, 1.54) is 29.5 Å². The molecular weight excluding hydrogens is 605 g/mol. The molecule has 1 atom stereocenters. The number of thiazole rings is 1. The molecule has 10 nitrogen and oxygen atoms in total. The number of aromatic nitrogens is 5. The molecule has 0 radical (unpaired) electrons. The van der Waals surface area contributed by atoms with Crippen molar-refractivity contribution in [2.45, 2.75) is 18.9 Å². The molecule has 1 unspecified atom stereocenters. The van der Waals surface area contributed by atoms with Gasteiger partial charge in [0.2, 0.25) is 5.91 Å². The number of fused-ring (bicyclic) bond motifs is 2. The average molecular weight is 626 g/mol. The number of aromatic carboxylic acids is 1. The predicted molar refractivity (Wildman–Crippen MR) is 165 cm³/mol. The number of nitrogens with zero attached hydrogens (tertiary/aromatic N) is 5. The van der Waals surface area contributed by atoms with Crippen LogP contribution in [0.5, 0.6) is 0 Å². The van der Waals surface area contributed by atoms with Crippen LogP contribution in [0.3, 0.4) is 0 Å². The number of nitrogen functional groups attached to an aromatic ring is 1. The number of benzene rings is 3. The first-order valence-corrected chi connectivity index (χ1v) is 14.6. The Labute approximate surface area is 258 Å². The Balaban J connectivity index is 1.29. The Kier molecular flexibility index (Phi) is 6.41. The Morgan fingerprint density at radius 1 is 1.11 bits per heavy atom. The third-order valence-corrected chi connectivity index (χ3v) is 8.99. The minimum Gasteiger partial charge on any atom is -0.478 e. The van der Waals surface area contributed by atoms with Gasteiger partial charge in [0, 0.05) is 26.9 Å². The number of nitrogens with one attached hydrogen (secondary N) is 1. The Morgan fingerprint density at radius 3 is 2.64 bits per heavy atom. The zero-order valence-corrected chi connectivity index (χ0v) is 24.4. The monoisotopic (exact) mass is 625 g/mol. The molecule has 1 aliphatic rings. The highest BCUT2D eigenvalue weighted by Crippen LogP contribution is 2.46. The van der Waals surface area contributed by atoms with Crippen molar-refractivity contribution in [2.24, 2.45) is 0 Å². The van der Waals surface area contributed by atoms with Crippen molar-refractivity contribution in [1.29, 1.82) is 0 Å². The maximum absolute atomic E-state index is 14.5. The summed E-state index contributed by atoms with van der Waals surface area (Å²) >= 11 is 7.58. The maximum atomic E-state index is 14.5. The summed E-state index contributed by atoms with van der Waals surface area (Å²) in [6, 6.07) is 18.0. The van der Waals surface area contributed by atoms with Crippen LogP contribution in [0.2, 0.25) is 5.02 Å². The first-order valence-electron chi connectivity index (χ1n) is 13.3. The first-order chi connectivity index (χ1) is 21.1. The summed E-state index contributed by atoms with van der Waals surface area (Å²) in [6.07, 6.45) is 0. The van der Waals surface area contributed by atoms with E-state index in [9.17, 15) is 19.1 Å².